The highest BCUT2D eigenvalue weighted by Crippen LogP contribution is 2.28. The van der Waals surface area contributed by atoms with Gasteiger partial charge in [-0.2, -0.15) is 0 Å². The van der Waals surface area contributed by atoms with Gasteiger partial charge < -0.3 is 15.4 Å². The third-order valence-corrected chi connectivity index (χ3v) is 4.89. The highest BCUT2D eigenvalue weighted by atomic mass is 32.1. The first-order valence-electron chi connectivity index (χ1n) is 7.02. The zero-order valence-electron chi connectivity index (χ0n) is 11.4. The van der Waals surface area contributed by atoms with Crippen LogP contribution in [0.25, 0.3) is 0 Å². The molecule has 2 aliphatic heterocycles. The summed E-state index contributed by atoms with van der Waals surface area (Å²) in [5.41, 5.74) is 6.88. The predicted octanol–water partition coefficient (Wildman–Crippen LogP) is 1.07. The molecule has 1 aromatic rings. The Morgan fingerprint density at radius 3 is 2.89 bits per heavy atom. The van der Waals surface area contributed by atoms with E-state index in [0.29, 0.717) is 6.04 Å². The van der Waals surface area contributed by atoms with E-state index in [1.165, 1.54) is 6.42 Å². The predicted molar refractivity (Wildman–Crippen MR) is 77.7 cm³/mol. The Morgan fingerprint density at radius 1 is 1.42 bits per heavy atom. The number of aromatic nitrogens is 1. The minimum Gasteiger partial charge on any atom is -0.379 e. The summed E-state index contributed by atoms with van der Waals surface area (Å²) >= 11 is 1.72. The molecule has 0 amide bonds. The lowest BCUT2D eigenvalue weighted by molar-refractivity contribution is 0.0209. The van der Waals surface area contributed by atoms with Gasteiger partial charge in [-0.05, 0) is 13.3 Å². The van der Waals surface area contributed by atoms with Crippen LogP contribution in [0.3, 0.4) is 0 Å². The molecule has 0 radical (unpaired) electrons. The maximum atomic E-state index is 5.87. The van der Waals surface area contributed by atoms with Crippen molar-refractivity contribution in [3.05, 3.63) is 11.1 Å². The Morgan fingerprint density at radius 2 is 2.21 bits per heavy atom. The summed E-state index contributed by atoms with van der Waals surface area (Å²) in [6.07, 6.45) is 1.23. The zero-order chi connectivity index (χ0) is 13.2. The number of morpholine rings is 1. The van der Waals surface area contributed by atoms with Gasteiger partial charge in [-0.3, -0.25) is 4.90 Å². The minimum absolute atomic E-state index is 0.0302. The van der Waals surface area contributed by atoms with Gasteiger partial charge in [0.1, 0.15) is 0 Å². The van der Waals surface area contributed by atoms with Gasteiger partial charge in [0.2, 0.25) is 0 Å². The van der Waals surface area contributed by atoms with Crippen LogP contribution in [0, 0.1) is 0 Å². The van der Waals surface area contributed by atoms with Crippen molar-refractivity contribution in [1.82, 2.24) is 9.88 Å². The number of thiazole rings is 1. The third-order valence-electron chi connectivity index (χ3n) is 3.97. The Balaban J connectivity index is 1.61. The monoisotopic (exact) mass is 282 g/mol. The molecule has 0 saturated carbocycles. The van der Waals surface area contributed by atoms with Crippen LogP contribution in [0.2, 0.25) is 0 Å². The summed E-state index contributed by atoms with van der Waals surface area (Å²) in [7, 11) is 0. The quantitative estimate of drug-likeness (QED) is 0.899. The lowest BCUT2D eigenvalue weighted by Crippen LogP contribution is -2.44. The molecule has 2 N–H and O–H groups in total. The lowest BCUT2D eigenvalue weighted by atomic mass is 10.2. The molecule has 2 saturated heterocycles. The first kappa shape index (κ1) is 13.3. The number of nitrogens with zero attached hydrogens (tertiary/aromatic N) is 3. The minimum atomic E-state index is 0.0302. The number of rotatable bonds is 3. The highest BCUT2D eigenvalue weighted by Gasteiger charge is 2.30. The molecule has 0 aromatic carbocycles. The first-order chi connectivity index (χ1) is 9.24. The van der Waals surface area contributed by atoms with Crippen molar-refractivity contribution in [2.45, 2.75) is 25.4 Å². The molecule has 0 aliphatic carbocycles. The summed E-state index contributed by atoms with van der Waals surface area (Å²) < 4.78 is 5.42. The zero-order valence-corrected chi connectivity index (χ0v) is 12.2. The molecule has 3 heterocycles. The van der Waals surface area contributed by atoms with Crippen LogP contribution < -0.4 is 10.6 Å². The highest BCUT2D eigenvalue weighted by molar-refractivity contribution is 7.13. The van der Waals surface area contributed by atoms with Crippen LogP contribution in [0.5, 0.6) is 0 Å². The van der Waals surface area contributed by atoms with Crippen molar-refractivity contribution in [2.75, 3.05) is 44.3 Å². The number of nitrogens with two attached hydrogens (primary N) is 1. The van der Waals surface area contributed by atoms with E-state index in [2.05, 4.69) is 20.2 Å². The molecule has 0 spiro atoms. The lowest BCUT2D eigenvalue weighted by Gasteiger charge is -2.32. The fraction of sp³-hybridized carbons (Fsp3) is 0.769. The third kappa shape index (κ3) is 2.91. The second-order valence-corrected chi connectivity index (χ2v) is 6.22. The van der Waals surface area contributed by atoms with Crippen LogP contribution in [-0.2, 0) is 4.74 Å². The van der Waals surface area contributed by atoms with E-state index in [-0.39, 0.29) is 6.04 Å². The van der Waals surface area contributed by atoms with E-state index >= 15 is 0 Å². The molecular weight excluding hydrogens is 260 g/mol. The Hall–Kier alpha value is -0.690. The van der Waals surface area contributed by atoms with Gasteiger partial charge >= 0.3 is 0 Å². The molecule has 1 aromatic heterocycles. The van der Waals surface area contributed by atoms with Crippen molar-refractivity contribution in [3.63, 3.8) is 0 Å². The van der Waals surface area contributed by atoms with E-state index in [1.807, 2.05) is 6.92 Å². The summed E-state index contributed by atoms with van der Waals surface area (Å²) in [6, 6.07) is 0.689. The van der Waals surface area contributed by atoms with Crippen LogP contribution in [0.15, 0.2) is 5.38 Å². The summed E-state index contributed by atoms with van der Waals surface area (Å²) in [6.45, 7) is 8.08. The fourth-order valence-electron chi connectivity index (χ4n) is 2.79. The van der Waals surface area contributed by atoms with Crippen molar-refractivity contribution < 1.29 is 4.74 Å². The van der Waals surface area contributed by atoms with Crippen LogP contribution in [-0.4, -0.2) is 55.3 Å². The molecule has 2 atom stereocenters. The normalized spacial score (nSPS) is 26.8. The molecule has 2 fully saturated rings. The maximum absolute atomic E-state index is 5.87. The van der Waals surface area contributed by atoms with Crippen molar-refractivity contribution in [1.29, 1.82) is 0 Å². The number of hydrogen-bond donors (Lipinski definition) is 1. The van der Waals surface area contributed by atoms with Gasteiger partial charge in [-0.25, -0.2) is 4.98 Å². The van der Waals surface area contributed by atoms with Gasteiger partial charge in [0.25, 0.3) is 0 Å². The van der Waals surface area contributed by atoms with Crippen LogP contribution >= 0.6 is 11.3 Å². The second-order valence-electron chi connectivity index (χ2n) is 5.38. The molecule has 6 heteroatoms. The SMILES string of the molecule is CC(N)c1csc(N2CCC(N3CCOCC3)C2)n1. The van der Waals surface area contributed by atoms with Gasteiger partial charge in [0, 0.05) is 43.6 Å². The Bertz CT molecular complexity index is 417. The average Bonchev–Trinajstić information content (AvgIpc) is 3.09. The standard InChI is InChI=1S/C13H22N4OS/c1-10(14)12-9-19-13(15-12)17-3-2-11(8-17)16-4-6-18-7-5-16/h9-11H,2-8,14H2,1H3. The molecular formula is C13H22N4OS. The van der Waals surface area contributed by atoms with E-state index in [0.717, 1.165) is 50.2 Å². The van der Waals surface area contributed by atoms with Crippen LogP contribution in [0.1, 0.15) is 25.1 Å². The average molecular weight is 282 g/mol. The van der Waals surface area contributed by atoms with Crippen molar-refractivity contribution in [3.8, 4) is 0 Å². The number of hydrogen-bond acceptors (Lipinski definition) is 6. The Labute approximate surface area is 118 Å². The van der Waals surface area contributed by atoms with Gasteiger partial charge in [0.05, 0.1) is 18.9 Å². The van der Waals surface area contributed by atoms with E-state index in [4.69, 9.17) is 10.5 Å². The largest absolute Gasteiger partial charge is 0.379 e. The molecule has 2 unspecified atom stereocenters. The first-order valence-corrected chi connectivity index (χ1v) is 7.90. The van der Waals surface area contributed by atoms with Crippen LogP contribution in [0.4, 0.5) is 5.13 Å². The van der Waals surface area contributed by atoms with Gasteiger partial charge in [-0.15, -0.1) is 11.3 Å². The molecule has 5 nitrogen and oxygen atoms in total. The molecule has 0 bridgehead atoms. The van der Waals surface area contributed by atoms with Crippen molar-refractivity contribution >= 4 is 16.5 Å². The topological polar surface area (TPSA) is 54.6 Å². The summed E-state index contributed by atoms with van der Waals surface area (Å²) in [5, 5.41) is 3.21. The second kappa shape index (κ2) is 5.75. The van der Waals surface area contributed by atoms with Gasteiger partial charge in [0.15, 0.2) is 5.13 Å². The molecule has 2 aliphatic rings. The Kier molecular flexibility index (Phi) is 4.02. The van der Waals surface area contributed by atoms with E-state index in [1.54, 1.807) is 11.3 Å². The summed E-state index contributed by atoms with van der Waals surface area (Å²) in [5.74, 6) is 0. The molecule has 3 rings (SSSR count). The van der Waals surface area contributed by atoms with E-state index < -0.39 is 0 Å². The summed E-state index contributed by atoms with van der Waals surface area (Å²) in [4.78, 5) is 9.61. The van der Waals surface area contributed by atoms with E-state index in [9.17, 15) is 0 Å². The van der Waals surface area contributed by atoms with Gasteiger partial charge in [-0.1, -0.05) is 0 Å². The number of ether oxygens (including phenoxy) is 1. The fourth-order valence-corrected chi connectivity index (χ4v) is 3.75. The van der Waals surface area contributed by atoms with Crippen molar-refractivity contribution in [2.24, 2.45) is 5.73 Å². The molecule has 19 heavy (non-hydrogen) atoms. The smallest absolute Gasteiger partial charge is 0.185 e. The maximum Gasteiger partial charge on any atom is 0.185 e. The number of anilines is 1. The molecule has 106 valence electrons.